The molecule has 1 aromatic rings. The van der Waals surface area contributed by atoms with Gasteiger partial charge in [0.1, 0.15) is 0 Å². The van der Waals surface area contributed by atoms with Gasteiger partial charge in [0.05, 0.1) is 4.90 Å². The molecule has 3 rings (SSSR count). The molecule has 0 bridgehead atoms. The van der Waals surface area contributed by atoms with E-state index < -0.39 is 10.0 Å². The van der Waals surface area contributed by atoms with Crippen molar-refractivity contribution in [3.8, 4) is 0 Å². The first-order chi connectivity index (χ1) is 12.5. The molecule has 144 valence electrons. The maximum absolute atomic E-state index is 12.7. The maximum atomic E-state index is 12.7. The van der Waals surface area contributed by atoms with E-state index in [0.29, 0.717) is 43.3 Å². The second kappa shape index (κ2) is 8.06. The van der Waals surface area contributed by atoms with E-state index in [9.17, 15) is 13.2 Å². The third kappa shape index (κ3) is 3.80. The van der Waals surface area contributed by atoms with Crippen LogP contribution in [0.2, 0.25) is 0 Å². The summed E-state index contributed by atoms with van der Waals surface area (Å²) in [6.45, 7) is 7.30. The van der Waals surface area contributed by atoms with Gasteiger partial charge in [0.2, 0.25) is 15.9 Å². The lowest BCUT2D eigenvalue weighted by atomic mass is 10.0. The molecule has 2 heterocycles. The molecule has 7 heteroatoms. The Morgan fingerprint density at radius 3 is 2.73 bits per heavy atom. The number of rotatable bonds is 7. The standard InChI is InChI=1S/C19H29N3O3S/c1-3-21(4-2)26(24,25)17-6-7-18-16(13-17)10-12-22(18)19(23)8-5-15-9-11-20-14-15/h6-7,13,15,20H,3-5,8-12,14H2,1-2H3. The summed E-state index contributed by atoms with van der Waals surface area (Å²) in [5.41, 5.74) is 1.83. The van der Waals surface area contributed by atoms with Gasteiger partial charge in [0, 0.05) is 31.7 Å². The van der Waals surface area contributed by atoms with E-state index in [1.807, 2.05) is 18.7 Å². The average Bonchev–Trinajstić information content (AvgIpc) is 3.29. The predicted molar refractivity (Wildman–Crippen MR) is 103 cm³/mol. The second-order valence-electron chi connectivity index (χ2n) is 7.07. The number of nitrogens with zero attached hydrogens (tertiary/aromatic N) is 2. The van der Waals surface area contributed by atoms with Gasteiger partial charge in [-0.3, -0.25) is 4.79 Å². The molecule has 0 aliphatic carbocycles. The van der Waals surface area contributed by atoms with Crippen molar-refractivity contribution in [1.82, 2.24) is 9.62 Å². The third-order valence-electron chi connectivity index (χ3n) is 5.52. The van der Waals surface area contributed by atoms with E-state index >= 15 is 0 Å². The summed E-state index contributed by atoms with van der Waals surface area (Å²) < 4.78 is 26.9. The Morgan fingerprint density at radius 1 is 1.31 bits per heavy atom. The fraction of sp³-hybridized carbons (Fsp3) is 0.632. The first kappa shape index (κ1) is 19.3. The van der Waals surface area contributed by atoms with E-state index in [-0.39, 0.29) is 5.91 Å². The summed E-state index contributed by atoms with van der Waals surface area (Å²) >= 11 is 0. The van der Waals surface area contributed by atoms with E-state index in [1.54, 1.807) is 18.2 Å². The normalized spacial score (nSPS) is 20.0. The van der Waals surface area contributed by atoms with Gasteiger partial charge in [-0.25, -0.2) is 8.42 Å². The summed E-state index contributed by atoms with van der Waals surface area (Å²) in [7, 11) is -3.46. The molecule has 1 fully saturated rings. The van der Waals surface area contributed by atoms with E-state index in [2.05, 4.69) is 5.32 Å². The lowest BCUT2D eigenvalue weighted by Crippen LogP contribution is -2.31. The topological polar surface area (TPSA) is 69.7 Å². The highest BCUT2D eigenvalue weighted by Crippen LogP contribution is 2.32. The van der Waals surface area contributed by atoms with Crippen molar-refractivity contribution in [1.29, 1.82) is 0 Å². The van der Waals surface area contributed by atoms with Crippen LogP contribution in [0.4, 0.5) is 5.69 Å². The fourth-order valence-electron chi connectivity index (χ4n) is 3.93. The van der Waals surface area contributed by atoms with Gasteiger partial charge in [-0.05, 0) is 62.0 Å². The molecule has 1 N–H and O–H groups in total. The Labute approximate surface area is 156 Å². The Bertz CT molecular complexity index is 753. The highest BCUT2D eigenvalue weighted by Gasteiger charge is 2.28. The molecule has 0 spiro atoms. The summed E-state index contributed by atoms with van der Waals surface area (Å²) in [4.78, 5) is 14.8. The molecule has 2 aliphatic rings. The summed E-state index contributed by atoms with van der Waals surface area (Å²) in [5.74, 6) is 0.748. The van der Waals surface area contributed by atoms with E-state index in [0.717, 1.165) is 37.2 Å². The van der Waals surface area contributed by atoms with Crippen LogP contribution in [-0.2, 0) is 21.2 Å². The number of anilines is 1. The highest BCUT2D eigenvalue weighted by atomic mass is 32.2. The zero-order chi connectivity index (χ0) is 18.7. The number of sulfonamides is 1. The summed E-state index contributed by atoms with van der Waals surface area (Å²) in [6, 6.07) is 5.18. The van der Waals surface area contributed by atoms with Crippen LogP contribution in [0.15, 0.2) is 23.1 Å². The van der Waals surface area contributed by atoms with Crippen LogP contribution < -0.4 is 10.2 Å². The molecule has 0 saturated carbocycles. The SMILES string of the molecule is CCN(CC)S(=O)(=O)c1ccc2c(c1)CCN2C(=O)CCC1CCNC1. The van der Waals surface area contributed by atoms with Crippen LogP contribution in [0, 0.1) is 5.92 Å². The van der Waals surface area contributed by atoms with Crippen LogP contribution in [0.5, 0.6) is 0 Å². The third-order valence-corrected chi connectivity index (χ3v) is 7.57. The number of carbonyl (C=O) groups is 1. The van der Waals surface area contributed by atoms with Crippen LogP contribution in [0.1, 0.15) is 38.7 Å². The Kier molecular flexibility index (Phi) is 5.99. The van der Waals surface area contributed by atoms with E-state index in [4.69, 9.17) is 0 Å². The predicted octanol–water partition coefficient (Wildman–Crippen LogP) is 2.00. The minimum absolute atomic E-state index is 0.148. The highest BCUT2D eigenvalue weighted by molar-refractivity contribution is 7.89. The van der Waals surface area contributed by atoms with Crippen LogP contribution in [0.25, 0.3) is 0 Å². The number of amides is 1. The van der Waals surface area contributed by atoms with Gasteiger partial charge in [0.15, 0.2) is 0 Å². The van der Waals surface area contributed by atoms with Crippen molar-refractivity contribution in [3.05, 3.63) is 23.8 Å². The Morgan fingerprint density at radius 2 is 2.08 bits per heavy atom. The molecule has 2 aliphatic heterocycles. The van der Waals surface area contributed by atoms with Crippen LogP contribution in [-0.4, -0.2) is 51.4 Å². The molecule has 1 unspecified atom stereocenters. The van der Waals surface area contributed by atoms with Gasteiger partial charge >= 0.3 is 0 Å². The number of nitrogens with one attached hydrogen (secondary N) is 1. The molecular formula is C19H29N3O3S. The van der Waals surface area contributed by atoms with Crippen molar-refractivity contribution in [2.45, 2.75) is 44.4 Å². The Hall–Kier alpha value is -1.44. The molecular weight excluding hydrogens is 350 g/mol. The van der Waals surface area contributed by atoms with Gasteiger partial charge in [-0.15, -0.1) is 0 Å². The minimum Gasteiger partial charge on any atom is -0.316 e. The number of carbonyl (C=O) groups excluding carboxylic acids is 1. The lowest BCUT2D eigenvalue weighted by Gasteiger charge is -2.20. The second-order valence-corrected chi connectivity index (χ2v) is 9.01. The van der Waals surface area contributed by atoms with Gasteiger partial charge in [-0.2, -0.15) is 4.31 Å². The van der Waals surface area contributed by atoms with Gasteiger partial charge in [-0.1, -0.05) is 13.8 Å². The average molecular weight is 380 g/mol. The molecule has 0 aromatic heterocycles. The van der Waals surface area contributed by atoms with Crippen LogP contribution in [0.3, 0.4) is 0 Å². The fourth-order valence-corrected chi connectivity index (χ4v) is 5.44. The number of fused-ring (bicyclic) bond motifs is 1. The smallest absolute Gasteiger partial charge is 0.243 e. The first-order valence-corrected chi connectivity index (χ1v) is 11.1. The minimum atomic E-state index is -3.46. The van der Waals surface area contributed by atoms with Gasteiger partial charge in [0.25, 0.3) is 0 Å². The molecule has 1 aromatic carbocycles. The zero-order valence-corrected chi connectivity index (χ0v) is 16.5. The Balaban J connectivity index is 1.72. The number of benzene rings is 1. The maximum Gasteiger partial charge on any atom is 0.243 e. The van der Waals surface area contributed by atoms with Crippen molar-refractivity contribution in [2.24, 2.45) is 5.92 Å². The summed E-state index contributed by atoms with van der Waals surface area (Å²) in [5, 5.41) is 3.33. The van der Waals surface area contributed by atoms with E-state index in [1.165, 1.54) is 4.31 Å². The quantitative estimate of drug-likeness (QED) is 0.787. The first-order valence-electron chi connectivity index (χ1n) is 9.61. The van der Waals surface area contributed by atoms with Crippen molar-refractivity contribution in [2.75, 3.05) is 37.6 Å². The largest absolute Gasteiger partial charge is 0.316 e. The monoisotopic (exact) mass is 379 g/mol. The van der Waals surface area contributed by atoms with Gasteiger partial charge < -0.3 is 10.2 Å². The van der Waals surface area contributed by atoms with Crippen LogP contribution >= 0.6 is 0 Å². The van der Waals surface area contributed by atoms with Crippen molar-refractivity contribution in [3.63, 3.8) is 0 Å². The number of hydrogen-bond acceptors (Lipinski definition) is 4. The number of hydrogen-bond donors (Lipinski definition) is 1. The molecule has 6 nitrogen and oxygen atoms in total. The molecule has 1 amide bonds. The lowest BCUT2D eigenvalue weighted by molar-refractivity contribution is -0.118. The summed E-state index contributed by atoms with van der Waals surface area (Å²) in [6.07, 6.45) is 3.35. The van der Waals surface area contributed by atoms with Crippen molar-refractivity contribution >= 4 is 21.6 Å². The molecule has 1 atom stereocenters. The van der Waals surface area contributed by atoms with Crippen molar-refractivity contribution < 1.29 is 13.2 Å². The molecule has 0 radical (unpaired) electrons. The zero-order valence-electron chi connectivity index (χ0n) is 15.7. The molecule has 26 heavy (non-hydrogen) atoms. The molecule has 1 saturated heterocycles.